The standard InChI is InChI=1S/C61H60N2/c1-7-22-50(9-3)24-20-32-58(10-4)62(47-21-31-52(23-8-2)53-25-14-11-15-26-53)49(6)34-33-48(5)51-35-41-59(42-36-51)63(60-43-37-56(38-44-60)54-27-16-12-17-28-54)61-45-39-57(40-46-61)55-29-18-13-19-30-55/h7-23,25-46H,2,24,47H2,1,3-6H3/b22-7-,31-21-,32-20-,48-33+,49-34+,50-9+,52-23+,58-10+. The predicted octanol–water partition coefficient (Wildman–Crippen LogP) is 17.3. The topological polar surface area (TPSA) is 6.48 Å². The Morgan fingerprint density at radius 3 is 1.49 bits per heavy atom. The summed E-state index contributed by atoms with van der Waals surface area (Å²) in [6.07, 6.45) is 26.8. The van der Waals surface area contributed by atoms with E-state index in [2.05, 4.69) is 276 Å². The maximum absolute atomic E-state index is 3.97. The minimum Gasteiger partial charge on any atom is -0.342 e. The quantitative estimate of drug-likeness (QED) is 0.0797. The van der Waals surface area contributed by atoms with E-state index in [0.29, 0.717) is 6.54 Å². The molecule has 0 unspecified atom stereocenters. The van der Waals surface area contributed by atoms with Gasteiger partial charge in [-0.3, -0.25) is 0 Å². The summed E-state index contributed by atoms with van der Waals surface area (Å²) in [5.74, 6) is 0. The molecule has 0 bridgehead atoms. The molecule has 0 amide bonds. The molecule has 6 rings (SSSR count). The molecule has 0 heterocycles. The Kier molecular flexibility index (Phi) is 16.9. The van der Waals surface area contributed by atoms with E-state index < -0.39 is 0 Å². The maximum Gasteiger partial charge on any atom is 0.0462 e. The summed E-state index contributed by atoms with van der Waals surface area (Å²) < 4.78 is 0. The first-order valence-electron chi connectivity index (χ1n) is 21.9. The van der Waals surface area contributed by atoms with Gasteiger partial charge in [0.05, 0.1) is 0 Å². The zero-order valence-corrected chi connectivity index (χ0v) is 37.5. The Labute approximate surface area is 377 Å². The van der Waals surface area contributed by atoms with Crippen LogP contribution in [0, 0.1) is 0 Å². The van der Waals surface area contributed by atoms with Crippen LogP contribution in [0.25, 0.3) is 33.4 Å². The monoisotopic (exact) mass is 820 g/mol. The second-order valence-corrected chi connectivity index (χ2v) is 15.3. The van der Waals surface area contributed by atoms with Crippen LogP contribution in [-0.2, 0) is 0 Å². The Balaban J connectivity index is 1.28. The second kappa shape index (κ2) is 23.5. The zero-order valence-electron chi connectivity index (χ0n) is 37.5. The highest BCUT2D eigenvalue weighted by molar-refractivity contribution is 5.81. The van der Waals surface area contributed by atoms with Crippen molar-refractivity contribution in [3.05, 3.63) is 271 Å². The normalized spacial score (nSPS) is 13.0. The van der Waals surface area contributed by atoms with Crippen LogP contribution in [-0.4, -0.2) is 11.4 Å². The molecule has 0 saturated carbocycles. The largest absolute Gasteiger partial charge is 0.342 e. The number of allylic oxidation sites excluding steroid dienone is 15. The third-order valence-corrected chi connectivity index (χ3v) is 11.0. The van der Waals surface area contributed by atoms with Crippen molar-refractivity contribution in [2.45, 2.75) is 41.0 Å². The highest BCUT2D eigenvalue weighted by atomic mass is 15.1. The summed E-state index contributed by atoms with van der Waals surface area (Å²) in [5, 5.41) is 0. The van der Waals surface area contributed by atoms with E-state index in [-0.39, 0.29) is 0 Å². The van der Waals surface area contributed by atoms with Gasteiger partial charge < -0.3 is 9.80 Å². The molecule has 0 aromatic heterocycles. The Morgan fingerprint density at radius 2 is 1.00 bits per heavy atom. The number of nitrogens with zero attached hydrogens (tertiary/aromatic N) is 2. The molecule has 314 valence electrons. The first kappa shape index (κ1) is 45.1. The molecule has 0 saturated heterocycles. The van der Waals surface area contributed by atoms with Gasteiger partial charge >= 0.3 is 0 Å². The van der Waals surface area contributed by atoms with Crippen molar-refractivity contribution in [2.24, 2.45) is 0 Å². The molecule has 0 aliphatic carbocycles. The lowest BCUT2D eigenvalue weighted by molar-refractivity contribution is 0.487. The lowest BCUT2D eigenvalue weighted by Gasteiger charge is -2.26. The fourth-order valence-corrected chi connectivity index (χ4v) is 7.52. The van der Waals surface area contributed by atoms with E-state index >= 15 is 0 Å². The molecule has 0 radical (unpaired) electrons. The molecule has 0 aliphatic rings. The van der Waals surface area contributed by atoms with Crippen molar-refractivity contribution in [3.8, 4) is 22.3 Å². The van der Waals surface area contributed by atoms with Crippen molar-refractivity contribution in [1.29, 1.82) is 0 Å². The average Bonchev–Trinajstić information content (AvgIpc) is 3.34. The second-order valence-electron chi connectivity index (χ2n) is 15.3. The Hall–Kier alpha value is -7.42. The van der Waals surface area contributed by atoms with Gasteiger partial charge in [0.15, 0.2) is 0 Å². The number of hydrogen-bond donors (Lipinski definition) is 0. The first-order chi connectivity index (χ1) is 30.9. The number of anilines is 3. The molecular formula is C61H60N2. The summed E-state index contributed by atoms with van der Waals surface area (Å²) in [6.45, 7) is 15.3. The molecule has 0 atom stereocenters. The van der Waals surface area contributed by atoms with Gasteiger partial charge in [0.2, 0.25) is 0 Å². The van der Waals surface area contributed by atoms with Crippen molar-refractivity contribution < 1.29 is 0 Å². The molecule has 0 N–H and O–H groups in total. The van der Waals surface area contributed by atoms with Crippen LogP contribution in [0.3, 0.4) is 0 Å². The van der Waals surface area contributed by atoms with Crippen LogP contribution in [0.15, 0.2) is 260 Å². The predicted molar refractivity (Wildman–Crippen MR) is 276 cm³/mol. The SMILES string of the molecule is C=C/C=C(\C=C/CN(/C(C)=C/C=C(\C)c1ccc(N(c2ccc(-c3ccccc3)cc2)c2ccc(-c3ccccc3)cc2)cc1)C(/C=C\CC(/C=C\C)=C/C)=C/C)c1ccccc1. The lowest BCUT2D eigenvalue weighted by atomic mass is 10.0. The van der Waals surface area contributed by atoms with Crippen molar-refractivity contribution in [3.63, 3.8) is 0 Å². The highest BCUT2D eigenvalue weighted by Gasteiger charge is 2.14. The van der Waals surface area contributed by atoms with Crippen LogP contribution >= 0.6 is 0 Å². The van der Waals surface area contributed by atoms with Crippen molar-refractivity contribution in [1.82, 2.24) is 4.90 Å². The molecule has 6 aromatic carbocycles. The number of hydrogen-bond acceptors (Lipinski definition) is 2. The van der Waals surface area contributed by atoms with E-state index in [1.54, 1.807) is 0 Å². The van der Waals surface area contributed by atoms with Crippen molar-refractivity contribution >= 4 is 28.2 Å². The lowest BCUT2D eigenvalue weighted by Crippen LogP contribution is -2.20. The molecular weight excluding hydrogens is 761 g/mol. The van der Waals surface area contributed by atoms with E-state index in [4.69, 9.17) is 0 Å². The molecule has 2 heteroatoms. The minimum absolute atomic E-state index is 0.703. The summed E-state index contributed by atoms with van der Waals surface area (Å²) in [7, 11) is 0. The molecule has 0 aliphatic heterocycles. The molecule has 0 fully saturated rings. The van der Waals surface area contributed by atoms with Crippen LogP contribution < -0.4 is 4.90 Å². The maximum atomic E-state index is 3.97. The summed E-state index contributed by atoms with van der Waals surface area (Å²) in [5.41, 5.74) is 16.3. The average molecular weight is 821 g/mol. The van der Waals surface area contributed by atoms with E-state index in [0.717, 1.165) is 46.0 Å². The van der Waals surface area contributed by atoms with E-state index in [1.165, 1.54) is 39.0 Å². The molecule has 63 heavy (non-hydrogen) atoms. The van der Waals surface area contributed by atoms with Crippen molar-refractivity contribution in [2.75, 3.05) is 11.4 Å². The number of benzene rings is 6. The van der Waals surface area contributed by atoms with E-state index in [9.17, 15) is 0 Å². The summed E-state index contributed by atoms with van der Waals surface area (Å²) in [4.78, 5) is 4.70. The zero-order chi connectivity index (χ0) is 44.2. The molecule has 0 spiro atoms. The molecule has 6 aromatic rings. The van der Waals surface area contributed by atoms with Crippen LogP contribution in [0.1, 0.15) is 52.2 Å². The van der Waals surface area contributed by atoms with Gasteiger partial charge in [-0.2, -0.15) is 0 Å². The summed E-state index contributed by atoms with van der Waals surface area (Å²) >= 11 is 0. The van der Waals surface area contributed by atoms with Crippen LogP contribution in [0.2, 0.25) is 0 Å². The van der Waals surface area contributed by atoms with Gasteiger partial charge in [-0.1, -0.05) is 195 Å². The first-order valence-corrected chi connectivity index (χ1v) is 21.9. The minimum atomic E-state index is 0.703. The Morgan fingerprint density at radius 1 is 0.492 bits per heavy atom. The van der Waals surface area contributed by atoms with Gasteiger partial charge in [-0.25, -0.2) is 0 Å². The fraction of sp³-hybridized carbons (Fsp3) is 0.115. The Bertz CT molecular complexity index is 2530. The van der Waals surface area contributed by atoms with Gasteiger partial charge in [0, 0.05) is 35.0 Å². The van der Waals surface area contributed by atoms with Crippen LogP contribution in [0.5, 0.6) is 0 Å². The third kappa shape index (κ3) is 12.6. The van der Waals surface area contributed by atoms with Gasteiger partial charge in [-0.15, -0.1) is 0 Å². The van der Waals surface area contributed by atoms with E-state index in [1.807, 2.05) is 12.1 Å². The molecule has 2 nitrogen and oxygen atoms in total. The van der Waals surface area contributed by atoms with Gasteiger partial charge in [0.1, 0.15) is 0 Å². The smallest absolute Gasteiger partial charge is 0.0462 e. The highest BCUT2D eigenvalue weighted by Crippen LogP contribution is 2.37. The fourth-order valence-electron chi connectivity index (χ4n) is 7.52. The summed E-state index contributed by atoms with van der Waals surface area (Å²) in [6, 6.07) is 58.2. The number of rotatable bonds is 18. The third-order valence-electron chi connectivity index (χ3n) is 11.0. The van der Waals surface area contributed by atoms with Gasteiger partial charge in [0.25, 0.3) is 0 Å². The van der Waals surface area contributed by atoms with Gasteiger partial charge in [-0.05, 0) is 140 Å². The van der Waals surface area contributed by atoms with Crippen LogP contribution in [0.4, 0.5) is 17.1 Å².